The first kappa shape index (κ1) is 20.0. The van der Waals surface area contributed by atoms with Crippen molar-refractivity contribution in [1.29, 1.82) is 0 Å². The van der Waals surface area contributed by atoms with Crippen LogP contribution in [0.3, 0.4) is 0 Å². The smallest absolute Gasteiger partial charge is 0.191 e. The van der Waals surface area contributed by atoms with Crippen LogP contribution in [0.25, 0.3) is 0 Å². The lowest BCUT2D eigenvalue weighted by atomic mass is 10.3. The lowest BCUT2D eigenvalue weighted by Gasteiger charge is -2.26. The molecule has 0 saturated carbocycles. The minimum Gasteiger partial charge on any atom is -0.379 e. The molecule has 1 fully saturated rings. The Kier molecular flexibility index (Phi) is 10.4. The van der Waals surface area contributed by atoms with Crippen molar-refractivity contribution in [1.82, 2.24) is 15.5 Å². The molecule has 0 radical (unpaired) electrons. The summed E-state index contributed by atoms with van der Waals surface area (Å²) in [5, 5.41) is 6.67. The molecule has 0 atom stereocenters. The zero-order valence-corrected chi connectivity index (χ0v) is 16.7. The van der Waals surface area contributed by atoms with Gasteiger partial charge in [0.2, 0.25) is 0 Å². The molecule has 2 rings (SSSR count). The number of morpholine rings is 1. The van der Waals surface area contributed by atoms with Crippen molar-refractivity contribution < 1.29 is 4.74 Å². The van der Waals surface area contributed by atoms with E-state index in [1.54, 1.807) is 18.4 Å². The fraction of sp³-hybridized carbons (Fsp3) is 0.643. The molecule has 0 spiro atoms. The number of guanidine groups is 1. The number of hydrogen-bond acceptors (Lipinski definition) is 4. The van der Waals surface area contributed by atoms with Gasteiger partial charge in [0.1, 0.15) is 0 Å². The molecule has 0 aliphatic carbocycles. The molecule has 22 heavy (non-hydrogen) atoms. The van der Waals surface area contributed by atoms with Gasteiger partial charge in [-0.15, -0.1) is 35.3 Å². The van der Waals surface area contributed by atoms with Crippen molar-refractivity contribution in [2.45, 2.75) is 6.42 Å². The monoisotopic (exact) mass is 458 g/mol. The Morgan fingerprint density at radius 3 is 2.68 bits per heavy atom. The third-order valence-corrected chi connectivity index (χ3v) is 4.63. The third-order valence-electron chi connectivity index (χ3n) is 3.34. The van der Waals surface area contributed by atoms with Crippen LogP contribution in [0.4, 0.5) is 0 Å². The number of ether oxygens (including phenoxy) is 1. The Morgan fingerprint density at radius 2 is 2.05 bits per heavy atom. The maximum Gasteiger partial charge on any atom is 0.191 e. The van der Waals surface area contributed by atoms with Gasteiger partial charge in [-0.2, -0.15) is 0 Å². The highest BCUT2D eigenvalue weighted by Gasteiger charge is 2.09. The summed E-state index contributed by atoms with van der Waals surface area (Å²) >= 11 is 7.55. The van der Waals surface area contributed by atoms with Crippen LogP contribution in [0.2, 0.25) is 4.34 Å². The van der Waals surface area contributed by atoms with E-state index in [-0.39, 0.29) is 24.0 Å². The molecule has 0 aromatic carbocycles. The largest absolute Gasteiger partial charge is 0.379 e. The Balaban J connectivity index is 0.00000242. The summed E-state index contributed by atoms with van der Waals surface area (Å²) in [5.41, 5.74) is 0. The molecule has 1 aromatic heterocycles. The molecule has 126 valence electrons. The van der Waals surface area contributed by atoms with Crippen LogP contribution < -0.4 is 10.6 Å². The van der Waals surface area contributed by atoms with Crippen molar-refractivity contribution in [3.8, 4) is 0 Å². The number of thiophene rings is 1. The van der Waals surface area contributed by atoms with Gasteiger partial charge in [0.15, 0.2) is 5.96 Å². The molecule has 5 nitrogen and oxygen atoms in total. The predicted molar refractivity (Wildman–Crippen MR) is 105 cm³/mol. The number of halogens is 2. The zero-order chi connectivity index (χ0) is 14.9. The Bertz CT molecular complexity index is 452. The van der Waals surface area contributed by atoms with E-state index in [1.807, 2.05) is 6.07 Å². The number of hydrogen-bond donors (Lipinski definition) is 2. The van der Waals surface area contributed by atoms with Crippen molar-refractivity contribution in [2.75, 3.05) is 53.0 Å². The first-order valence-corrected chi connectivity index (χ1v) is 8.46. The van der Waals surface area contributed by atoms with Crippen LogP contribution >= 0.6 is 46.9 Å². The fourth-order valence-corrected chi connectivity index (χ4v) is 3.26. The van der Waals surface area contributed by atoms with Crippen LogP contribution in [0.1, 0.15) is 4.88 Å². The van der Waals surface area contributed by atoms with Crippen LogP contribution in [0.5, 0.6) is 0 Å². The topological polar surface area (TPSA) is 48.9 Å². The SMILES string of the molecule is CN=C(NCCc1ccc(Cl)s1)NCCN1CCOCC1.I. The molecular formula is C14H24ClIN4OS. The summed E-state index contributed by atoms with van der Waals surface area (Å²) in [7, 11) is 1.80. The van der Waals surface area contributed by atoms with Gasteiger partial charge in [-0.25, -0.2) is 0 Å². The van der Waals surface area contributed by atoms with Gasteiger partial charge >= 0.3 is 0 Å². The van der Waals surface area contributed by atoms with Gasteiger partial charge < -0.3 is 15.4 Å². The van der Waals surface area contributed by atoms with Gasteiger partial charge in [0, 0.05) is 44.6 Å². The average Bonchev–Trinajstić information content (AvgIpc) is 2.92. The van der Waals surface area contributed by atoms with E-state index in [9.17, 15) is 0 Å². The minimum atomic E-state index is 0. The predicted octanol–water partition coefficient (Wildman–Crippen LogP) is 2.06. The maximum absolute atomic E-state index is 5.92. The highest BCUT2D eigenvalue weighted by atomic mass is 127. The van der Waals surface area contributed by atoms with E-state index < -0.39 is 0 Å². The van der Waals surface area contributed by atoms with E-state index in [4.69, 9.17) is 16.3 Å². The van der Waals surface area contributed by atoms with E-state index in [0.29, 0.717) is 0 Å². The average molecular weight is 459 g/mol. The van der Waals surface area contributed by atoms with Crippen LogP contribution in [0.15, 0.2) is 17.1 Å². The summed E-state index contributed by atoms with van der Waals surface area (Å²) in [6.07, 6.45) is 0.960. The zero-order valence-electron chi connectivity index (χ0n) is 12.8. The second kappa shape index (κ2) is 11.4. The second-order valence-electron chi connectivity index (χ2n) is 4.84. The van der Waals surface area contributed by atoms with Crippen molar-refractivity contribution in [3.05, 3.63) is 21.3 Å². The van der Waals surface area contributed by atoms with Crippen LogP contribution in [0, 0.1) is 0 Å². The lowest BCUT2D eigenvalue weighted by Crippen LogP contribution is -2.44. The molecule has 1 aliphatic rings. The number of nitrogens with one attached hydrogen (secondary N) is 2. The Labute approximate surface area is 158 Å². The molecule has 0 amide bonds. The first-order chi connectivity index (χ1) is 10.3. The quantitative estimate of drug-likeness (QED) is 0.389. The summed E-state index contributed by atoms with van der Waals surface area (Å²) in [6.45, 7) is 6.50. The normalized spacial score (nSPS) is 16.2. The molecule has 8 heteroatoms. The molecule has 0 bridgehead atoms. The number of rotatable bonds is 6. The minimum absolute atomic E-state index is 0. The Morgan fingerprint density at radius 1 is 1.32 bits per heavy atom. The van der Waals surface area contributed by atoms with Gasteiger partial charge in [-0.05, 0) is 18.6 Å². The molecule has 2 N–H and O–H groups in total. The van der Waals surface area contributed by atoms with Gasteiger partial charge in [0.25, 0.3) is 0 Å². The fourth-order valence-electron chi connectivity index (χ4n) is 2.17. The number of nitrogens with zero attached hydrogens (tertiary/aromatic N) is 2. The summed E-state index contributed by atoms with van der Waals surface area (Å²) in [4.78, 5) is 7.92. The van der Waals surface area contributed by atoms with Crippen LogP contribution in [-0.2, 0) is 11.2 Å². The molecule has 0 unspecified atom stereocenters. The highest BCUT2D eigenvalue weighted by Crippen LogP contribution is 2.21. The molecular weight excluding hydrogens is 435 g/mol. The summed E-state index contributed by atoms with van der Waals surface area (Å²) in [6, 6.07) is 4.01. The van der Waals surface area contributed by atoms with E-state index in [0.717, 1.165) is 62.7 Å². The van der Waals surface area contributed by atoms with Gasteiger partial charge in [-0.3, -0.25) is 9.89 Å². The van der Waals surface area contributed by atoms with E-state index >= 15 is 0 Å². The number of aliphatic imine (C=N–C) groups is 1. The standard InChI is InChI=1S/C14H23ClN4OS.HI/c1-16-14(17-5-4-12-2-3-13(15)21-12)18-6-7-19-8-10-20-11-9-19;/h2-3H,4-11H2,1H3,(H2,16,17,18);1H. The van der Waals surface area contributed by atoms with E-state index in [1.165, 1.54) is 4.88 Å². The van der Waals surface area contributed by atoms with Crippen LogP contribution in [-0.4, -0.2) is 63.8 Å². The van der Waals surface area contributed by atoms with Gasteiger partial charge in [0.05, 0.1) is 17.6 Å². The Hall–Kier alpha value is -0.0900. The molecule has 1 aromatic rings. The molecule has 1 aliphatic heterocycles. The third kappa shape index (κ3) is 7.45. The highest BCUT2D eigenvalue weighted by molar-refractivity contribution is 14.0. The van der Waals surface area contributed by atoms with Gasteiger partial charge in [-0.1, -0.05) is 11.6 Å². The summed E-state index contributed by atoms with van der Waals surface area (Å²) in [5.74, 6) is 0.853. The molecule has 2 heterocycles. The molecule has 1 saturated heterocycles. The van der Waals surface area contributed by atoms with Crippen molar-refractivity contribution in [3.63, 3.8) is 0 Å². The van der Waals surface area contributed by atoms with Crippen molar-refractivity contribution >= 4 is 52.9 Å². The van der Waals surface area contributed by atoms with E-state index in [2.05, 4.69) is 26.6 Å². The second-order valence-corrected chi connectivity index (χ2v) is 6.64. The first-order valence-electron chi connectivity index (χ1n) is 7.27. The maximum atomic E-state index is 5.92. The summed E-state index contributed by atoms with van der Waals surface area (Å²) < 4.78 is 6.18. The lowest BCUT2D eigenvalue weighted by molar-refractivity contribution is 0.0389. The van der Waals surface area contributed by atoms with Crippen molar-refractivity contribution in [2.24, 2.45) is 4.99 Å².